The minimum atomic E-state index is 0.169. The largest absolute Gasteiger partial charge is 0.363 e. The van der Waals surface area contributed by atoms with Crippen molar-refractivity contribution in [3.63, 3.8) is 0 Å². The van der Waals surface area contributed by atoms with Crippen LogP contribution in [0.5, 0.6) is 0 Å². The predicted octanol–water partition coefficient (Wildman–Crippen LogP) is 2.74. The summed E-state index contributed by atoms with van der Waals surface area (Å²) in [6, 6.07) is 8.72. The first-order valence-electron chi connectivity index (χ1n) is 7.25. The summed E-state index contributed by atoms with van der Waals surface area (Å²) in [5.74, 6) is 0. The van der Waals surface area contributed by atoms with Gasteiger partial charge in [0.25, 0.3) is 0 Å². The maximum atomic E-state index is 6.03. The van der Waals surface area contributed by atoms with Crippen LogP contribution < -0.4 is 10.6 Å². The van der Waals surface area contributed by atoms with Gasteiger partial charge in [-0.2, -0.15) is 5.10 Å². The second-order valence-corrected chi connectivity index (χ2v) is 5.01. The molecular weight excluding hydrogens is 248 g/mol. The molecule has 0 aliphatic carbocycles. The zero-order chi connectivity index (χ0) is 14.5. The molecule has 0 amide bonds. The highest BCUT2D eigenvalue weighted by Gasteiger charge is 2.19. The van der Waals surface area contributed by atoms with Crippen molar-refractivity contribution in [1.82, 2.24) is 9.78 Å². The molecule has 4 nitrogen and oxygen atoms in total. The Hall–Kier alpha value is -1.81. The van der Waals surface area contributed by atoms with E-state index >= 15 is 0 Å². The first-order chi connectivity index (χ1) is 9.69. The lowest BCUT2D eigenvalue weighted by atomic mass is 10.1. The minimum absolute atomic E-state index is 0.169. The van der Waals surface area contributed by atoms with Crippen LogP contribution in [-0.4, -0.2) is 22.9 Å². The molecule has 0 spiro atoms. The van der Waals surface area contributed by atoms with Crippen molar-refractivity contribution in [2.24, 2.45) is 5.73 Å². The Kier molecular flexibility index (Phi) is 4.79. The summed E-state index contributed by atoms with van der Waals surface area (Å²) in [5.41, 5.74) is 9.69. The molecule has 2 N–H and O–H groups in total. The normalized spacial score (nSPS) is 12.4. The molecule has 20 heavy (non-hydrogen) atoms. The van der Waals surface area contributed by atoms with E-state index in [0.717, 1.165) is 13.1 Å². The highest BCUT2D eigenvalue weighted by molar-refractivity contribution is 5.50. The fourth-order valence-corrected chi connectivity index (χ4v) is 2.56. The van der Waals surface area contributed by atoms with E-state index in [9.17, 15) is 0 Å². The Labute approximate surface area is 121 Å². The molecule has 0 saturated carbocycles. The fraction of sp³-hybridized carbons (Fsp3) is 0.438. The van der Waals surface area contributed by atoms with Crippen LogP contribution in [0.25, 0.3) is 0 Å². The van der Waals surface area contributed by atoms with Crippen molar-refractivity contribution in [3.8, 4) is 0 Å². The van der Waals surface area contributed by atoms with Crippen LogP contribution in [0.15, 0.2) is 36.7 Å². The maximum Gasteiger partial charge on any atom is 0.0695 e. The molecule has 2 aromatic rings. The number of anilines is 1. The van der Waals surface area contributed by atoms with E-state index < -0.39 is 0 Å². The number of hydrogen-bond donors (Lipinski definition) is 1. The highest BCUT2D eigenvalue weighted by Crippen LogP contribution is 2.26. The van der Waals surface area contributed by atoms with Crippen LogP contribution in [0.4, 0.5) is 5.69 Å². The minimum Gasteiger partial charge on any atom is -0.363 e. The van der Waals surface area contributed by atoms with Crippen LogP contribution >= 0.6 is 0 Å². The van der Waals surface area contributed by atoms with E-state index in [-0.39, 0.29) is 6.04 Å². The summed E-state index contributed by atoms with van der Waals surface area (Å²) < 4.78 is 1.95. The number of benzene rings is 1. The second-order valence-electron chi connectivity index (χ2n) is 5.01. The molecule has 0 aliphatic rings. The number of aromatic nitrogens is 2. The molecule has 1 aromatic carbocycles. The standard InChI is InChI=1S/C16H24N4/c1-4-19-12-14(11-18-19)16(10-17)20(5-2)15-8-6-7-13(3)9-15/h6-9,11-12,16H,4-5,10,17H2,1-3H3. The van der Waals surface area contributed by atoms with Gasteiger partial charge in [-0.15, -0.1) is 0 Å². The number of hydrogen-bond acceptors (Lipinski definition) is 3. The molecular formula is C16H24N4. The van der Waals surface area contributed by atoms with E-state index in [4.69, 9.17) is 5.73 Å². The quantitative estimate of drug-likeness (QED) is 0.879. The number of nitrogens with zero attached hydrogens (tertiary/aromatic N) is 3. The molecule has 1 aromatic heterocycles. The smallest absolute Gasteiger partial charge is 0.0695 e. The zero-order valence-corrected chi connectivity index (χ0v) is 12.6. The zero-order valence-electron chi connectivity index (χ0n) is 12.6. The number of aryl methyl sites for hydroxylation is 2. The van der Waals surface area contributed by atoms with Crippen molar-refractivity contribution >= 4 is 5.69 Å². The Morgan fingerprint density at radius 2 is 2.15 bits per heavy atom. The fourth-order valence-electron chi connectivity index (χ4n) is 2.56. The third kappa shape index (κ3) is 3.02. The molecule has 2 rings (SSSR count). The lowest BCUT2D eigenvalue weighted by Crippen LogP contribution is -2.33. The molecule has 0 fully saturated rings. The lowest BCUT2D eigenvalue weighted by Gasteiger charge is -2.31. The summed E-state index contributed by atoms with van der Waals surface area (Å²) in [5, 5.41) is 4.37. The van der Waals surface area contributed by atoms with Crippen LogP contribution in [0.2, 0.25) is 0 Å². The first kappa shape index (κ1) is 14.6. The lowest BCUT2D eigenvalue weighted by molar-refractivity contribution is 0.635. The topological polar surface area (TPSA) is 47.1 Å². The van der Waals surface area contributed by atoms with Crippen molar-refractivity contribution in [2.75, 3.05) is 18.0 Å². The van der Waals surface area contributed by atoms with E-state index in [1.807, 2.05) is 10.9 Å². The van der Waals surface area contributed by atoms with Gasteiger partial charge in [-0.3, -0.25) is 4.68 Å². The third-order valence-electron chi connectivity index (χ3n) is 3.64. The molecule has 1 unspecified atom stereocenters. The van der Waals surface area contributed by atoms with E-state index in [1.54, 1.807) is 0 Å². The summed E-state index contributed by atoms with van der Waals surface area (Å²) in [6.45, 7) is 8.75. The molecule has 0 radical (unpaired) electrons. The second kappa shape index (κ2) is 6.57. The summed E-state index contributed by atoms with van der Waals surface area (Å²) in [6.07, 6.45) is 4.02. The third-order valence-corrected chi connectivity index (χ3v) is 3.64. The van der Waals surface area contributed by atoms with Crippen molar-refractivity contribution in [3.05, 3.63) is 47.8 Å². The molecule has 0 saturated heterocycles. The Balaban J connectivity index is 2.32. The van der Waals surface area contributed by atoms with E-state index in [2.05, 4.69) is 61.2 Å². The summed E-state index contributed by atoms with van der Waals surface area (Å²) >= 11 is 0. The number of likely N-dealkylation sites (N-methyl/N-ethyl adjacent to an activating group) is 1. The monoisotopic (exact) mass is 272 g/mol. The van der Waals surface area contributed by atoms with Gasteiger partial charge in [-0.1, -0.05) is 12.1 Å². The van der Waals surface area contributed by atoms with Gasteiger partial charge in [0.2, 0.25) is 0 Å². The van der Waals surface area contributed by atoms with Crippen molar-refractivity contribution in [2.45, 2.75) is 33.4 Å². The average molecular weight is 272 g/mol. The van der Waals surface area contributed by atoms with Gasteiger partial charge >= 0.3 is 0 Å². The number of rotatable bonds is 6. The molecule has 0 bridgehead atoms. The van der Waals surface area contributed by atoms with Gasteiger partial charge in [0, 0.05) is 37.1 Å². The summed E-state index contributed by atoms with van der Waals surface area (Å²) in [4.78, 5) is 2.34. The van der Waals surface area contributed by atoms with Crippen LogP contribution in [0.3, 0.4) is 0 Å². The van der Waals surface area contributed by atoms with E-state index in [0.29, 0.717) is 6.54 Å². The Morgan fingerprint density at radius 3 is 2.70 bits per heavy atom. The predicted molar refractivity (Wildman–Crippen MR) is 83.9 cm³/mol. The van der Waals surface area contributed by atoms with Gasteiger partial charge in [-0.25, -0.2) is 0 Å². The molecule has 1 heterocycles. The SMILES string of the molecule is CCN(c1cccc(C)c1)C(CN)c1cnn(CC)c1. The Morgan fingerprint density at radius 1 is 1.35 bits per heavy atom. The average Bonchev–Trinajstić information content (AvgIpc) is 2.93. The molecule has 4 heteroatoms. The summed E-state index contributed by atoms with van der Waals surface area (Å²) in [7, 11) is 0. The molecule has 108 valence electrons. The van der Waals surface area contributed by atoms with Gasteiger partial charge in [0.05, 0.1) is 12.2 Å². The molecule has 0 aliphatic heterocycles. The molecule has 1 atom stereocenters. The Bertz CT molecular complexity index is 547. The van der Waals surface area contributed by atoms with Crippen LogP contribution in [0.1, 0.15) is 31.0 Å². The highest BCUT2D eigenvalue weighted by atomic mass is 15.3. The van der Waals surface area contributed by atoms with E-state index in [1.165, 1.54) is 16.8 Å². The van der Waals surface area contributed by atoms with Gasteiger partial charge in [0.15, 0.2) is 0 Å². The van der Waals surface area contributed by atoms with Gasteiger partial charge in [0.1, 0.15) is 0 Å². The van der Waals surface area contributed by atoms with Crippen molar-refractivity contribution < 1.29 is 0 Å². The maximum absolute atomic E-state index is 6.03. The van der Waals surface area contributed by atoms with Gasteiger partial charge in [-0.05, 0) is 38.5 Å². The number of nitrogens with two attached hydrogens (primary N) is 1. The van der Waals surface area contributed by atoms with Crippen molar-refractivity contribution in [1.29, 1.82) is 0 Å². The van der Waals surface area contributed by atoms with Crippen LogP contribution in [0, 0.1) is 6.92 Å². The first-order valence-corrected chi connectivity index (χ1v) is 7.25. The van der Waals surface area contributed by atoms with Crippen LogP contribution in [-0.2, 0) is 6.54 Å². The van der Waals surface area contributed by atoms with Gasteiger partial charge < -0.3 is 10.6 Å².